The van der Waals surface area contributed by atoms with E-state index in [1.165, 1.54) is 30.9 Å². The van der Waals surface area contributed by atoms with Crippen LogP contribution in [0.4, 0.5) is 0 Å². The molecule has 0 fully saturated rings. The van der Waals surface area contributed by atoms with Crippen molar-refractivity contribution < 1.29 is 0 Å². The summed E-state index contributed by atoms with van der Waals surface area (Å²) in [7, 11) is 0. The Bertz CT molecular complexity index is 2830. The molecular weight excluding hydrogens is 567 g/mol. The van der Waals surface area contributed by atoms with Crippen LogP contribution in [0.25, 0.3) is 96.9 Å². The van der Waals surface area contributed by atoms with Crippen LogP contribution in [0, 0.1) is 0 Å². The Labute approximate surface area is 262 Å². The quantitative estimate of drug-likeness (QED) is 0.188. The van der Waals surface area contributed by atoms with Crippen molar-refractivity contribution in [3.63, 3.8) is 0 Å². The third kappa shape index (κ3) is 3.60. The third-order valence-electron chi connectivity index (χ3n) is 9.09. The molecule has 0 aliphatic carbocycles. The lowest BCUT2D eigenvalue weighted by molar-refractivity contribution is 1.37. The molecule has 0 aliphatic heterocycles. The molecular formula is C41H23N3S. The van der Waals surface area contributed by atoms with E-state index in [4.69, 9.17) is 9.97 Å². The highest BCUT2D eigenvalue weighted by atomic mass is 32.1. The Balaban J connectivity index is 1.23. The summed E-state index contributed by atoms with van der Waals surface area (Å²) in [6.45, 7) is 0. The van der Waals surface area contributed by atoms with Crippen molar-refractivity contribution in [2.24, 2.45) is 0 Å². The highest BCUT2D eigenvalue weighted by Crippen LogP contribution is 2.43. The molecule has 0 saturated carbocycles. The first-order chi connectivity index (χ1) is 22.3. The van der Waals surface area contributed by atoms with E-state index >= 15 is 0 Å². The molecule has 0 spiro atoms. The summed E-state index contributed by atoms with van der Waals surface area (Å²) in [5, 5.41) is 10.7. The van der Waals surface area contributed by atoms with Gasteiger partial charge in [0.05, 0.1) is 27.9 Å². The Hall–Kier alpha value is -5.71. The molecule has 0 unspecified atom stereocenters. The minimum atomic E-state index is 0.925. The highest BCUT2D eigenvalue weighted by molar-refractivity contribution is 7.26. The lowest BCUT2D eigenvalue weighted by atomic mass is 9.93. The maximum Gasteiger partial charge on any atom is 0.0972 e. The van der Waals surface area contributed by atoms with E-state index in [1.807, 2.05) is 23.6 Å². The first-order valence-electron chi connectivity index (χ1n) is 15.1. The summed E-state index contributed by atoms with van der Waals surface area (Å²) >= 11 is 1.86. The van der Waals surface area contributed by atoms with Crippen LogP contribution >= 0.6 is 11.3 Å². The van der Waals surface area contributed by atoms with Crippen molar-refractivity contribution in [1.82, 2.24) is 15.0 Å². The van der Waals surface area contributed by atoms with Crippen LogP contribution in [0.3, 0.4) is 0 Å². The zero-order valence-electron chi connectivity index (χ0n) is 24.0. The van der Waals surface area contributed by atoms with Gasteiger partial charge in [-0.15, -0.1) is 11.3 Å². The minimum absolute atomic E-state index is 0.925. The lowest BCUT2D eigenvalue weighted by Gasteiger charge is -2.14. The maximum absolute atomic E-state index is 5.40. The van der Waals surface area contributed by atoms with Gasteiger partial charge in [0, 0.05) is 59.0 Å². The smallest absolute Gasteiger partial charge is 0.0972 e. The van der Waals surface area contributed by atoms with Gasteiger partial charge in [0.15, 0.2) is 0 Å². The standard InChI is InChI=1S/C41H23N3S/c1-2-11-32-30(10-1)37-35(22-20-33-29-9-3-4-16-36(29)45-41(33)37)44-40(32)31-15-6-12-26-27(31)13-5-14-28(26)34-21-19-25-18-17-24-8-7-23-42-38(24)39(25)43-34/h1-23H. The average Bonchev–Trinajstić information content (AvgIpc) is 3.49. The Morgan fingerprint density at radius 2 is 1.16 bits per heavy atom. The summed E-state index contributed by atoms with van der Waals surface area (Å²) in [4.78, 5) is 15.3. The average molecular weight is 590 g/mol. The number of fused-ring (bicyclic) bond motifs is 11. The Morgan fingerprint density at radius 1 is 0.444 bits per heavy atom. The molecule has 10 aromatic rings. The molecule has 208 valence electrons. The summed E-state index contributed by atoms with van der Waals surface area (Å²) in [5.41, 5.74) is 7.03. The molecule has 0 atom stereocenters. The largest absolute Gasteiger partial charge is 0.254 e. The van der Waals surface area contributed by atoms with Gasteiger partial charge in [-0.2, -0.15) is 0 Å². The fraction of sp³-hybridized carbons (Fsp3) is 0. The monoisotopic (exact) mass is 589 g/mol. The fourth-order valence-electron chi connectivity index (χ4n) is 7.04. The first kappa shape index (κ1) is 24.7. The van der Waals surface area contributed by atoms with E-state index in [9.17, 15) is 0 Å². The first-order valence-corrected chi connectivity index (χ1v) is 15.9. The molecule has 0 N–H and O–H groups in total. The van der Waals surface area contributed by atoms with Crippen molar-refractivity contribution >= 4 is 85.8 Å². The van der Waals surface area contributed by atoms with E-state index in [-0.39, 0.29) is 0 Å². The second-order valence-corrected chi connectivity index (χ2v) is 12.6. The predicted molar refractivity (Wildman–Crippen MR) is 191 cm³/mol. The second-order valence-electron chi connectivity index (χ2n) is 11.6. The zero-order chi connectivity index (χ0) is 29.5. The predicted octanol–water partition coefficient (Wildman–Crippen LogP) is 11.3. The minimum Gasteiger partial charge on any atom is -0.254 e. The number of benzene rings is 6. The van der Waals surface area contributed by atoms with Crippen molar-refractivity contribution in [3.05, 3.63) is 140 Å². The van der Waals surface area contributed by atoms with Crippen LogP contribution in [0.1, 0.15) is 0 Å². The summed E-state index contributed by atoms with van der Waals surface area (Å²) in [6.07, 6.45) is 1.84. The number of nitrogens with zero attached hydrogens (tertiary/aromatic N) is 3. The summed E-state index contributed by atoms with van der Waals surface area (Å²) < 4.78 is 2.61. The lowest BCUT2D eigenvalue weighted by Crippen LogP contribution is -1.93. The molecule has 45 heavy (non-hydrogen) atoms. The van der Waals surface area contributed by atoms with Gasteiger partial charge in [-0.25, -0.2) is 9.97 Å². The molecule has 10 rings (SSSR count). The van der Waals surface area contributed by atoms with Gasteiger partial charge < -0.3 is 0 Å². The van der Waals surface area contributed by atoms with Gasteiger partial charge in [-0.3, -0.25) is 4.98 Å². The van der Waals surface area contributed by atoms with E-state index in [0.29, 0.717) is 0 Å². The maximum atomic E-state index is 5.40. The van der Waals surface area contributed by atoms with Gasteiger partial charge in [-0.05, 0) is 40.4 Å². The molecule has 6 aromatic carbocycles. The van der Waals surface area contributed by atoms with E-state index < -0.39 is 0 Å². The second kappa shape index (κ2) is 9.39. The van der Waals surface area contributed by atoms with E-state index in [0.717, 1.165) is 66.0 Å². The van der Waals surface area contributed by atoms with Crippen molar-refractivity contribution in [2.45, 2.75) is 0 Å². The van der Waals surface area contributed by atoms with Crippen LogP contribution in [0.15, 0.2) is 140 Å². The summed E-state index contributed by atoms with van der Waals surface area (Å²) in [5.74, 6) is 0. The molecule has 0 amide bonds. The van der Waals surface area contributed by atoms with Crippen LogP contribution < -0.4 is 0 Å². The van der Waals surface area contributed by atoms with Crippen molar-refractivity contribution in [2.75, 3.05) is 0 Å². The Morgan fingerprint density at radius 3 is 2.04 bits per heavy atom. The topological polar surface area (TPSA) is 38.7 Å². The zero-order valence-corrected chi connectivity index (χ0v) is 24.8. The third-order valence-corrected chi connectivity index (χ3v) is 10.3. The van der Waals surface area contributed by atoms with E-state index in [1.54, 1.807) is 0 Å². The number of aromatic nitrogens is 3. The normalized spacial score (nSPS) is 12.0. The number of pyridine rings is 3. The molecule has 4 aromatic heterocycles. The van der Waals surface area contributed by atoms with Gasteiger partial charge >= 0.3 is 0 Å². The fourth-order valence-corrected chi connectivity index (χ4v) is 8.30. The molecule has 0 saturated heterocycles. The van der Waals surface area contributed by atoms with Crippen molar-refractivity contribution in [1.29, 1.82) is 0 Å². The SMILES string of the molecule is c1cnc2c(c1)ccc1ccc(-c3cccc4c(-c5nc6ccc7c8ccccc8sc7c6c6ccccc56)cccc34)nc12. The number of hydrogen-bond acceptors (Lipinski definition) is 4. The molecule has 0 aliphatic rings. The summed E-state index contributed by atoms with van der Waals surface area (Å²) in [6, 6.07) is 47.5. The molecule has 4 heteroatoms. The van der Waals surface area contributed by atoms with Gasteiger partial charge in [0.1, 0.15) is 0 Å². The van der Waals surface area contributed by atoms with Crippen LogP contribution in [0.2, 0.25) is 0 Å². The highest BCUT2D eigenvalue weighted by Gasteiger charge is 2.18. The van der Waals surface area contributed by atoms with Crippen molar-refractivity contribution in [3.8, 4) is 22.5 Å². The van der Waals surface area contributed by atoms with Gasteiger partial charge in [0.25, 0.3) is 0 Å². The van der Waals surface area contributed by atoms with Gasteiger partial charge in [-0.1, -0.05) is 109 Å². The molecule has 3 nitrogen and oxygen atoms in total. The van der Waals surface area contributed by atoms with Crippen LogP contribution in [-0.4, -0.2) is 15.0 Å². The molecule has 0 bridgehead atoms. The van der Waals surface area contributed by atoms with Gasteiger partial charge in [0.2, 0.25) is 0 Å². The number of rotatable bonds is 2. The number of hydrogen-bond donors (Lipinski definition) is 0. The molecule has 4 heterocycles. The van der Waals surface area contributed by atoms with Crippen LogP contribution in [0.5, 0.6) is 0 Å². The Kier molecular flexibility index (Phi) is 5.16. The van der Waals surface area contributed by atoms with E-state index in [2.05, 4.69) is 132 Å². The number of thiophene rings is 1. The van der Waals surface area contributed by atoms with Crippen LogP contribution in [-0.2, 0) is 0 Å². The molecule has 0 radical (unpaired) electrons.